The standard InChI is InChI=1S/C20H24N6O4S/c21-14(5-11-7-23-15-4-2-1-3-13(11)15)18(27)26-17(9-31)19(28)25-16(20(29)30)6-12-8-22-10-24-12/h1-4,7-8,10,14,16-17,23,31H,5-6,9,21H2,(H,22,24)(H,25,28)(H,26,27)(H,29,30)/t14-,16-,17-/m0/s1. The summed E-state index contributed by atoms with van der Waals surface area (Å²) in [6.07, 6.45) is 4.99. The lowest BCUT2D eigenvalue weighted by Gasteiger charge is -2.21. The van der Waals surface area contributed by atoms with Gasteiger partial charge in [-0.1, -0.05) is 18.2 Å². The largest absolute Gasteiger partial charge is 0.480 e. The number of rotatable bonds is 10. The van der Waals surface area contributed by atoms with Crippen LogP contribution in [0.25, 0.3) is 10.9 Å². The minimum Gasteiger partial charge on any atom is -0.480 e. The molecule has 0 saturated heterocycles. The minimum atomic E-state index is -1.21. The molecule has 0 unspecified atom stereocenters. The summed E-state index contributed by atoms with van der Waals surface area (Å²) < 4.78 is 0. The van der Waals surface area contributed by atoms with Crippen molar-refractivity contribution in [3.63, 3.8) is 0 Å². The van der Waals surface area contributed by atoms with E-state index in [-0.39, 0.29) is 18.6 Å². The van der Waals surface area contributed by atoms with Gasteiger partial charge in [0.1, 0.15) is 12.1 Å². The van der Waals surface area contributed by atoms with Crippen molar-refractivity contribution in [2.75, 3.05) is 5.75 Å². The van der Waals surface area contributed by atoms with Crippen LogP contribution < -0.4 is 16.4 Å². The normalized spacial score (nSPS) is 14.0. The Labute approximate surface area is 183 Å². The van der Waals surface area contributed by atoms with Gasteiger partial charge in [0.2, 0.25) is 11.8 Å². The van der Waals surface area contributed by atoms with Gasteiger partial charge in [-0.05, 0) is 18.1 Å². The van der Waals surface area contributed by atoms with E-state index in [2.05, 4.69) is 38.2 Å². The molecule has 11 heteroatoms. The molecule has 2 aromatic heterocycles. The maximum atomic E-state index is 12.6. The van der Waals surface area contributed by atoms with Crippen molar-refractivity contribution in [2.24, 2.45) is 5.73 Å². The number of fused-ring (bicyclic) bond motifs is 1. The molecular weight excluding hydrogens is 420 g/mol. The van der Waals surface area contributed by atoms with Crippen LogP contribution in [0.5, 0.6) is 0 Å². The predicted octanol–water partition coefficient (Wildman–Crippen LogP) is -0.0125. The maximum Gasteiger partial charge on any atom is 0.326 e. The minimum absolute atomic E-state index is 0.0201. The highest BCUT2D eigenvalue weighted by Crippen LogP contribution is 2.18. The van der Waals surface area contributed by atoms with Crippen molar-refractivity contribution in [3.8, 4) is 0 Å². The Morgan fingerprint density at radius 2 is 1.84 bits per heavy atom. The van der Waals surface area contributed by atoms with E-state index >= 15 is 0 Å². The number of benzene rings is 1. The fourth-order valence-corrected chi connectivity index (χ4v) is 3.45. The number of carbonyl (C=O) groups is 3. The number of carbonyl (C=O) groups excluding carboxylic acids is 2. The van der Waals surface area contributed by atoms with E-state index in [1.54, 1.807) is 6.20 Å². The van der Waals surface area contributed by atoms with Crippen molar-refractivity contribution in [2.45, 2.75) is 31.0 Å². The first kappa shape index (κ1) is 22.4. The van der Waals surface area contributed by atoms with Crippen LogP contribution in [-0.2, 0) is 27.2 Å². The van der Waals surface area contributed by atoms with Crippen LogP contribution in [0.2, 0.25) is 0 Å². The average molecular weight is 445 g/mol. The van der Waals surface area contributed by atoms with Crippen LogP contribution in [0, 0.1) is 0 Å². The van der Waals surface area contributed by atoms with Crippen LogP contribution in [0.15, 0.2) is 43.0 Å². The molecule has 10 nitrogen and oxygen atoms in total. The number of carboxylic acids is 1. The second-order valence-electron chi connectivity index (χ2n) is 7.09. The number of aromatic nitrogens is 3. The topological polar surface area (TPSA) is 166 Å². The summed E-state index contributed by atoms with van der Waals surface area (Å²) in [5, 5.41) is 15.3. The van der Waals surface area contributed by atoms with Crippen LogP contribution in [-0.4, -0.2) is 61.7 Å². The number of thiol groups is 1. The lowest BCUT2D eigenvalue weighted by atomic mass is 10.0. The molecule has 0 saturated carbocycles. The quantitative estimate of drug-likeness (QED) is 0.217. The highest BCUT2D eigenvalue weighted by molar-refractivity contribution is 7.80. The second-order valence-corrected chi connectivity index (χ2v) is 7.46. The molecule has 7 N–H and O–H groups in total. The molecule has 164 valence electrons. The first-order chi connectivity index (χ1) is 14.9. The Morgan fingerprint density at radius 1 is 1.10 bits per heavy atom. The zero-order valence-corrected chi connectivity index (χ0v) is 17.4. The average Bonchev–Trinajstić information content (AvgIpc) is 3.41. The zero-order valence-electron chi connectivity index (χ0n) is 16.5. The van der Waals surface area contributed by atoms with Crippen molar-refractivity contribution >= 4 is 41.3 Å². The summed E-state index contributed by atoms with van der Waals surface area (Å²) in [7, 11) is 0. The Kier molecular flexibility index (Phi) is 7.32. The van der Waals surface area contributed by atoms with Crippen LogP contribution >= 0.6 is 12.6 Å². The summed E-state index contributed by atoms with van der Waals surface area (Å²) in [5.41, 5.74) is 8.43. The van der Waals surface area contributed by atoms with Crippen LogP contribution in [0.4, 0.5) is 0 Å². The summed E-state index contributed by atoms with van der Waals surface area (Å²) in [6, 6.07) is 4.54. The highest BCUT2D eigenvalue weighted by atomic mass is 32.1. The number of carboxylic acid groups (broad SMARTS) is 1. The Bertz CT molecular complexity index is 1050. The van der Waals surface area contributed by atoms with E-state index in [0.717, 1.165) is 16.5 Å². The molecular formula is C20H24N6O4S. The van der Waals surface area contributed by atoms with Gasteiger partial charge >= 0.3 is 5.97 Å². The van der Waals surface area contributed by atoms with Gasteiger partial charge in [0.25, 0.3) is 0 Å². The van der Waals surface area contributed by atoms with Crippen molar-refractivity contribution in [3.05, 3.63) is 54.2 Å². The molecule has 0 radical (unpaired) electrons. The highest BCUT2D eigenvalue weighted by Gasteiger charge is 2.28. The number of aliphatic carboxylic acids is 1. The number of H-pyrrole nitrogens is 2. The van der Waals surface area contributed by atoms with Gasteiger partial charge in [0.15, 0.2) is 0 Å². The van der Waals surface area contributed by atoms with Crippen molar-refractivity contribution in [1.29, 1.82) is 0 Å². The molecule has 0 bridgehead atoms. The smallest absolute Gasteiger partial charge is 0.326 e. The molecule has 2 heterocycles. The van der Waals surface area contributed by atoms with E-state index in [9.17, 15) is 19.5 Å². The Morgan fingerprint density at radius 3 is 2.52 bits per heavy atom. The first-order valence-corrected chi connectivity index (χ1v) is 10.2. The molecule has 2 amide bonds. The number of para-hydroxylation sites is 1. The SMILES string of the molecule is N[C@@H](Cc1c[nH]c2ccccc12)C(=O)N[C@@H](CS)C(=O)N[C@@H](Cc1cnc[nH]1)C(=O)O. The van der Waals surface area contributed by atoms with E-state index in [0.29, 0.717) is 5.69 Å². The zero-order chi connectivity index (χ0) is 22.4. The molecule has 0 aliphatic carbocycles. The molecule has 3 rings (SSSR count). The van der Waals surface area contributed by atoms with Crippen LogP contribution in [0.3, 0.4) is 0 Å². The van der Waals surface area contributed by atoms with Gasteiger partial charge in [0, 0.05) is 41.2 Å². The van der Waals surface area contributed by atoms with Gasteiger partial charge in [-0.3, -0.25) is 9.59 Å². The van der Waals surface area contributed by atoms with Crippen LogP contribution in [0.1, 0.15) is 11.3 Å². The second kappa shape index (κ2) is 10.1. The molecule has 3 aromatic rings. The fraction of sp³-hybridized carbons (Fsp3) is 0.300. The lowest BCUT2D eigenvalue weighted by Crippen LogP contribution is -2.55. The molecule has 0 aliphatic heterocycles. The van der Waals surface area contributed by atoms with Gasteiger partial charge in [0.05, 0.1) is 12.4 Å². The number of hydrogen-bond acceptors (Lipinski definition) is 6. The molecule has 0 fully saturated rings. The number of nitrogens with one attached hydrogen (secondary N) is 4. The van der Waals surface area contributed by atoms with Gasteiger partial charge in [-0.15, -0.1) is 0 Å². The Balaban J connectivity index is 1.59. The third kappa shape index (κ3) is 5.64. The molecule has 3 atom stereocenters. The van der Waals surface area contributed by atoms with E-state index in [1.807, 2.05) is 24.3 Å². The number of amides is 2. The maximum absolute atomic E-state index is 12.6. The number of nitrogens with zero attached hydrogens (tertiary/aromatic N) is 1. The molecule has 31 heavy (non-hydrogen) atoms. The van der Waals surface area contributed by atoms with E-state index < -0.39 is 35.9 Å². The van der Waals surface area contributed by atoms with Crippen molar-refractivity contribution in [1.82, 2.24) is 25.6 Å². The summed E-state index contributed by atoms with van der Waals surface area (Å²) in [5.74, 6) is -2.41. The van der Waals surface area contributed by atoms with Gasteiger partial charge in [-0.2, -0.15) is 12.6 Å². The van der Waals surface area contributed by atoms with Gasteiger partial charge < -0.3 is 31.4 Å². The first-order valence-electron chi connectivity index (χ1n) is 9.61. The fourth-order valence-electron chi connectivity index (χ4n) is 3.19. The third-order valence-electron chi connectivity index (χ3n) is 4.86. The van der Waals surface area contributed by atoms with Gasteiger partial charge in [-0.25, -0.2) is 9.78 Å². The number of nitrogens with two attached hydrogens (primary N) is 1. The summed E-state index contributed by atoms with van der Waals surface area (Å²) in [4.78, 5) is 46.4. The van der Waals surface area contributed by atoms with E-state index in [4.69, 9.17) is 5.73 Å². The molecule has 1 aromatic carbocycles. The Hall–Kier alpha value is -3.31. The number of hydrogen-bond donors (Lipinski definition) is 7. The monoisotopic (exact) mass is 444 g/mol. The number of imidazole rings is 1. The molecule has 0 spiro atoms. The lowest BCUT2D eigenvalue weighted by molar-refractivity contribution is -0.142. The number of aromatic amines is 2. The summed E-state index contributed by atoms with van der Waals surface area (Å²) in [6.45, 7) is 0. The molecule has 0 aliphatic rings. The predicted molar refractivity (Wildman–Crippen MR) is 118 cm³/mol. The van der Waals surface area contributed by atoms with Crippen molar-refractivity contribution < 1.29 is 19.5 Å². The van der Waals surface area contributed by atoms with E-state index in [1.165, 1.54) is 12.5 Å². The third-order valence-corrected chi connectivity index (χ3v) is 5.23. The summed E-state index contributed by atoms with van der Waals surface area (Å²) >= 11 is 4.11.